The number of hydrogen-bond acceptors (Lipinski definition) is 4. The van der Waals surface area contributed by atoms with Gasteiger partial charge in [-0.15, -0.1) is 0 Å². The molecule has 0 unspecified atom stereocenters. The van der Waals surface area contributed by atoms with Crippen molar-refractivity contribution in [3.05, 3.63) is 76.2 Å². The van der Waals surface area contributed by atoms with Gasteiger partial charge in [0.15, 0.2) is 0 Å². The van der Waals surface area contributed by atoms with Crippen molar-refractivity contribution in [2.24, 2.45) is 0 Å². The molecule has 1 aromatic heterocycles. The number of aryl methyl sites for hydroxylation is 3. The SMILES string of the molecule is CC(=O)CCc1ccc(C(=O)NCc2nc(-c3ccc(C(F)(F)F)cc3)oc2C)cc1C. The number of nitrogens with zero attached hydrogens (tertiary/aromatic N) is 1. The lowest BCUT2D eigenvalue weighted by molar-refractivity contribution is -0.137. The van der Waals surface area contributed by atoms with E-state index in [1.165, 1.54) is 12.1 Å². The third kappa shape index (κ3) is 5.63. The summed E-state index contributed by atoms with van der Waals surface area (Å²) >= 11 is 0. The second-order valence-corrected chi connectivity index (χ2v) is 7.62. The number of carbonyl (C=O) groups is 2. The van der Waals surface area contributed by atoms with E-state index in [0.717, 1.165) is 23.3 Å². The third-order valence-electron chi connectivity index (χ3n) is 5.12. The van der Waals surface area contributed by atoms with Crippen molar-refractivity contribution in [2.45, 2.75) is 46.3 Å². The van der Waals surface area contributed by atoms with E-state index < -0.39 is 11.7 Å². The standard InChI is InChI=1S/C24H23F3N2O3/c1-14-12-19(7-6-17(14)5-4-15(2)30)22(31)28-13-21-16(3)32-23(29-21)18-8-10-20(11-9-18)24(25,26)27/h6-12H,4-5,13H2,1-3H3,(H,28,31). The Bertz CT molecular complexity index is 1130. The maximum atomic E-state index is 12.7. The van der Waals surface area contributed by atoms with Crippen LogP contribution >= 0.6 is 0 Å². The molecule has 3 rings (SSSR count). The number of ketones is 1. The van der Waals surface area contributed by atoms with Gasteiger partial charge in [-0.3, -0.25) is 4.79 Å². The average molecular weight is 444 g/mol. The number of benzene rings is 2. The first-order valence-corrected chi connectivity index (χ1v) is 10.1. The monoisotopic (exact) mass is 444 g/mol. The number of halogens is 3. The molecule has 3 aromatic rings. The number of oxazole rings is 1. The van der Waals surface area contributed by atoms with Gasteiger partial charge >= 0.3 is 6.18 Å². The third-order valence-corrected chi connectivity index (χ3v) is 5.12. The van der Waals surface area contributed by atoms with Gasteiger partial charge in [-0.1, -0.05) is 6.07 Å². The lowest BCUT2D eigenvalue weighted by atomic mass is 10.00. The van der Waals surface area contributed by atoms with Crippen molar-refractivity contribution in [2.75, 3.05) is 0 Å². The number of alkyl halides is 3. The fourth-order valence-corrected chi connectivity index (χ4v) is 3.21. The van der Waals surface area contributed by atoms with E-state index in [4.69, 9.17) is 4.42 Å². The Morgan fingerprint density at radius 2 is 1.75 bits per heavy atom. The van der Waals surface area contributed by atoms with Gasteiger partial charge in [-0.05, 0) is 74.7 Å². The predicted molar refractivity (Wildman–Crippen MR) is 113 cm³/mol. The molecule has 0 bridgehead atoms. The molecule has 0 saturated carbocycles. The lowest BCUT2D eigenvalue weighted by Crippen LogP contribution is -2.23. The molecule has 0 aliphatic heterocycles. The Hall–Kier alpha value is -3.42. The molecular weight excluding hydrogens is 421 g/mol. The second-order valence-electron chi connectivity index (χ2n) is 7.62. The van der Waals surface area contributed by atoms with Gasteiger partial charge in [0.25, 0.3) is 5.91 Å². The highest BCUT2D eigenvalue weighted by Gasteiger charge is 2.30. The maximum absolute atomic E-state index is 12.7. The van der Waals surface area contributed by atoms with Crippen LogP contribution in [0, 0.1) is 13.8 Å². The van der Waals surface area contributed by atoms with Crippen molar-refractivity contribution in [3.8, 4) is 11.5 Å². The highest BCUT2D eigenvalue weighted by atomic mass is 19.4. The van der Waals surface area contributed by atoms with Crippen LogP contribution in [0.25, 0.3) is 11.5 Å². The van der Waals surface area contributed by atoms with Crippen molar-refractivity contribution in [3.63, 3.8) is 0 Å². The number of rotatable bonds is 7. The zero-order valence-corrected chi connectivity index (χ0v) is 18.0. The van der Waals surface area contributed by atoms with Gasteiger partial charge in [-0.2, -0.15) is 13.2 Å². The number of aromatic nitrogens is 1. The van der Waals surface area contributed by atoms with E-state index in [1.54, 1.807) is 26.0 Å². The van der Waals surface area contributed by atoms with Crippen LogP contribution in [0.2, 0.25) is 0 Å². The first-order chi connectivity index (χ1) is 15.0. The van der Waals surface area contributed by atoms with E-state index in [1.807, 2.05) is 13.0 Å². The molecule has 2 aromatic carbocycles. The normalized spacial score (nSPS) is 11.4. The van der Waals surface area contributed by atoms with Gasteiger partial charge in [0.2, 0.25) is 5.89 Å². The Labute approximate surface area is 183 Å². The molecule has 0 aliphatic rings. The second kappa shape index (κ2) is 9.38. The minimum atomic E-state index is -4.41. The van der Waals surface area contributed by atoms with Crippen LogP contribution < -0.4 is 5.32 Å². The molecule has 1 amide bonds. The molecule has 0 atom stereocenters. The van der Waals surface area contributed by atoms with Crippen LogP contribution in [0.1, 0.15) is 51.8 Å². The quantitative estimate of drug-likeness (QED) is 0.528. The van der Waals surface area contributed by atoms with Crippen molar-refractivity contribution in [1.82, 2.24) is 10.3 Å². The van der Waals surface area contributed by atoms with Crippen molar-refractivity contribution in [1.29, 1.82) is 0 Å². The molecule has 0 saturated heterocycles. The smallest absolute Gasteiger partial charge is 0.416 e. The van der Waals surface area contributed by atoms with E-state index in [2.05, 4.69) is 10.3 Å². The van der Waals surface area contributed by atoms with Crippen LogP contribution in [-0.2, 0) is 23.9 Å². The lowest BCUT2D eigenvalue weighted by Gasteiger charge is -2.08. The molecule has 0 radical (unpaired) electrons. The number of amides is 1. The van der Waals surface area contributed by atoms with E-state index in [0.29, 0.717) is 35.4 Å². The van der Waals surface area contributed by atoms with Gasteiger partial charge in [-0.25, -0.2) is 4.98 Å². The number of hydrogen-bond donors (Lipinski definition) is 1. The summed E-state index contributed by atoms with van der Waals surface area (Å²) in [4.78, 5) is 28.0. The van der Waals surface area contributed by atoms with E-state index >= 15 is 0 Å². The fraction of sp³-hybridized carbons (Fsp3) is 0.292. The summed E-state index contributed by atoms with van der Waals surface area (Å²) in [5, 5.41) is 2.78. The summed E-state index contributed by atoms with van der Waals surface area (Å²) in [5.74, 6) is 0.483. The van der Waals surface area contributed by atoms with Crippen LogP contribution in [0.5, 0.6) is 0 Å². The van der Waals surface area contributed by atoms with Gasteiger partial charge in [0.1, 0.15) is 17.2 Å². The summed E-state index contributed by atoms with van der Waals surface area (Å²) in [6.45, 7) is 5.23. The number of carbonyl (C=O) groups excluding carboxylic acids is 2. The maximum Gasteiger partial charge on any atom is 0.416 e. The fourth-order valence-electron chi connectivity index (χ4n) is 3.21. The number of Topliss-reactive ketones (excluding diaryl/α,β-unsaturated/α-hetero) is 1. The summed E-state index contributed by atoms with van der Waals surface area (Å²) in [6.07, 6.45) is -3.32. The Kier molecular flexibility index (Phi) is 6.81. The summed E-state index contributed by atoms with van der Waals surface area (Å²) in [6, 6.07) is 9.86. The molecular formula is C24H23F3N2O3. The average Bonchev–Trinajstić information content (AvgIpc) is 3.11. The van der Waals surface area contributed by atoms with Crippen molar-refractivity contribution >= 4 is 11.7 Å². The van der Waals surface area contributed by atoms with Gasteiger partial charge < -0.3 is 14.5 Å². The predicted octanol–water partition coefficient (Wildman–Crippen LogP) is 5.43. The minimum Gasteiger partial charge on any atom is -0.441 e. The van der Waals surface area contributed by atoms with Crippen LogP contribution in [0.4, 0.5) is 13.2 Å². The van der Waals surface area contributed by atoms with Crippen LogP contribution in [-0.4, -0.2) is 16.7 Å². The van der Waals surface area contributed by atoms with Crippen LogP contribution in [0.3, 0.4) is 0 Å². The molecule has 5 nitrogen and oxygen atoms in total. The molecule has 168 valence electrons. The molecule has 0 fully saturated rings. The highest BCUT2D eigenvalue weighted by molar-refractivity contribution is 5.94. The topological polar surface area (TPSA) is 72.2 Å². The first kappa shape index (κ1) is 23.2. The summed E-state index contributed by atoms with van der Waals surface area (Å²) in [5.41, 5.74) is 2.59. The molecule has 1 N–H and O–H groups in total. The Morgan fingerprint density at radius 3 is 2.34 bits per heavy atom. The zero-order valence-electron chi connectivity index (χ0n) is 18.0. The zero-order chi connectivity index (χ0) is 23.5. The largest absolute Gasteiger partial charge is 0.441 e. The van der Waals surface area contributed by atoms with E-state index in [9.17, 15) is 22.8 Å². The van der Waals surface area contributed by atoms with E-state index in [-0.39, 0.29) is 24.1 Å². The van der Waals surface area contributed by atoms with Gasteiger partial charge in [0.05, 0.1) is 12.1 Å². The molecule has 8 heteroatoms. The molecule has 1 heterocycles. The molecule has 0 spiro atoms. The Balaban J connectivity index is 1.66. The van der Waals surface area contributed by atoms with Crippen molar-refractivity contribution < 1.29 is 27.2 Å². The summed E-state index contributed by atoms with van der Waals surface area (Å²) in [7, 11) is 0. The molecule has 0 aliphatic carbocycles. The number of nitrogens with one attached hydrogen (secondary N) is 1. The molecule has 32 heavy (non-hydrogen) atoms. The highest BCUT2D eigenvalue weighted by Crippen LogP contribution is 2.31. The van der Waals surface area contributed by atoms with Crippen LogP contribution in [0.15, 0.2) is 46.9 Å². The van der Waals surface area contributed by atoms with Gasteiger partial charge in [0, 0.05) is 17.5 Å². The summed E-state index contributed by atoms with van der Waals surface area (Å²) < 4.78 is 43.8. The Morgan fingerprint density at radius 1 is 1.06 bits per heavy atom. The first-order valence-electron chi connectivity index (χ1n) is 10.1. The minimum absolute atomic E-state index is 0.111.